The van der Waals surface area contributed by atoms with E-state index in [2.05, 4.69) is 120 Å². The summed E-state index contributed by atoms with van der Waals surface area (Å²) in [6, 6.07) is 56.3. The van der Waals surface area contributed by atoms with Gasteiger partial charge < -0.3 is 4.42 Å². The molecule has 0 bridgehead atoms. The number of furan rings is 1. The quantitative estimate of drug-likeness (QED) is 0.179. The summed E-state index contributed by atoms with van der Waals surface area (Å²) in [5, 5.41) is 5.29. The fraction of sp³-hybridized carbons (Fsp3) is 0. The molecular weight excluding hydrogens is 671 g/mol. The van der Waals surface area contributed by atoms with Crippen LogP contribution in [-0.4, -0.2) is 24.5 Å². The lowest BCUT2D eigenvalue weighted by Crippen LogP contribution is -2.06. The molecule has 0 unspecified atom stereocenters. The van der Waals surface area contributed by atoms with Crippen molar-refractivity contribution in [3.63, 3.8) is 0 Å². The highest BCUT2D eigenvalue weighted by Gasteiger charge is 2.20. The zero-order valence-electron chi connectivity index (χ0n) is 28.1. The van der Waals surface area contributed by atoms with Gasteiger partial charge in [0.1, 0.15) is 16.2 Å². The normalized spacial score (nSPS) is 11.8. The molecule has 53 heavy (non-hydrogen) atoms. The van der Waals surface area contributed by atoms with Gasteiger partial charge in [-0.05, 0) is 53.6 Å². The average molecular weight is 698 g/mol. The minimum atomic E-state index is 0.560. The third-order valence-corrected chi connectivity index (χ3v) is 11.0. The highest BCUT2D eigenvalue weighted by molar-refractivity contribution is 7.21. The Balaban J connectivity index is 1.09. The van der Waals surface area contributed by atoms with Crippen molar-refractivity contribution < 1.29 is 4.42 Å². The van der Waals surface area contributed by atoms with E-state index in [0.717, 1.165) is 82.1 Å². The lowest BCUT2D eigenvalue weighted by Gasteiger charge is -2.11. The first kappa shape index (κ1) is 29.7. The van der Waals surface area contributed by atoms with E-state index in [1.54, 1.807) is 11.3 Å². The van der Waals surface area contributed by atoms with Gasteiger partial charge in [0.15, 0.2) is 11.6 Å². The summed E-state index contributed by atoms with van der Waals surface area (Å²) in [6.07, 6.45) is 0. The van der Waals surface area contributed by atoms with Gasteiger partial charge in [-0.15, -0.1) is 11.3 Å². The largest absolute Gasteiger partial charge is 0.456 e. The lowest BCUT2D eigenvalue weighted by atomic mass is 10.00. The van der Waals surface area contributed by atoms with Crippen LogP contribution in [0.2, 0.25) is 0 Å². The smallest absolute Gasteiger partial charge is 0.238 e. The number of para-hydroxylation sites is 3. The second-order valence-corrected chi connectivity index (χ2v) is 14.1. The van der Waals surface area contributed by atoms with E-state index < -0.39 is 0 Å². The maximum atomic E-state index is 6.46. The van der Waals surface area contributed by atoms with Crippen LogP contribution in [0.3, 0.4) is 0 Å². The van der Waals surface area contributed by atoms with Crippen LogP contribution in [-0.2, 0) is 0 Å². The van der Waals surface area contributed by atoms with Crippen LogP contribution >= 0.6 is 11.3 Å². The number of thiazole rings is 1. The molecule has 0 radical (unpaired) electrons. The number of nitrogens with zero attached hydrogens (tertiary/aromatic N) is 5. The highest BCUT2D eigenvalue weighted by Crippen LogP contribution is 2.39. The zero-order chi connectivity index (χ0) is 34.9. The SMILES string of the molecule is c1ccc(-c2nc(-c3cccc4oc5ccc(-c6ccc(-c7nc8ccccc8s7)cc6)cc5c34)nc(-n3c4ccccc4c4ccccc43)n2)cc1. The second-order valence-electron chi connectivity index (χ2n) is 13.1. The van der Waals surface area contributed by atoms with Crippen LogP contribution in [0.25, 0.3) is 104 Å². The Morgan fingerprint density at radius 1 is 0.453 bits per heavy atom. The van der Waals surface area contributed by atoms with Gasteiger partial charge in [0.2, 0.25) is 5.95 Å². The first-order valence-electron chi connectivity index (χ1n) is 17.5. The van der Waals surface area contributed by atoms with Crippen molar-refractivity contribution in [2.24, 2.45) is 0 Å². The Kier molecular flexibility index (Phi) is 6.62. The average Bonchev–Trinajstić information content (AvgIpc) is 3.93. The molecule has 0 N–H and O–H groups in total. The van der Waals surface area contributed by atoms with Crippen molar-refractivity contribution in [3.05, 3.63) is 164 Å². The van der Waals surface area contributed by atoms with Crippen LogP contribution in [0.1, 0.15) is 0 Å². The van der Waals surface area contributed by atoms with Crippen LogP contribution in [0.5, 0.6) is 0 Å². The molecule has 0 aliphatic carbocycles. The molecule has 11 rings (SSSR count). The van der Waals surface area contributed by atoms with Gasteiger partial charge >= 0.3 is 0 Å². The van der Waals surface area contributed by atoms with Crippen molar-refractivity contribution in [2.75, 3.05) is 0 Å². The Morgan fingerprint density at radius 2 is 1.13 bits per heavy atom. The summed E-state index contributed by atoms with van der Waals surface area (Å²) in [7, 11) is 0. The summed E-state index contributed by atoms with van der Waals surface area (Å²) in [5.74, 6) is 1.74. The summed E-state index contributed by atoms with van der Waals surface area (Å²) < 4.78 is 9.80. The van der Waals surface area contributed by atoms with Crippen molar-refractivity contribution in [3.8, 4) is 50.4 Å². The van der Waals surface area contributed by atoms with Crippen LogP contribution in [0.4, 0.5) is 0 Å². The number of rotatable bonds is 5. The third kappa shape index (κ3) is 4.86. The van der Waals surface area contributed by atoms with Gasteiger partial charge in [-0.3, -0.25) is 4.57 Å². The molecule has 0 saturated heterocycles. The molecule has 4 aromatic heterocycles. The van der Waals surface area contributed by atoms with Crippen molar-refractivity contribution in [1.29, 1.82) is 0 Å². The Bertz CT molecular complexity index is 3090. The number of fused-ring (bicyclic) bond motifs is 7. The number of hydrogen-bond acceptors (Lipinski definition) is 6. The Hall–Kier alpha value is -6.96. The fourth-order valence-corrected chi connectivity index (χ4v) is 8.40. The van der Waals surface area contributed by atoms with E-state index >= 15 is 0 Å². The lowest BCUT2D eigenvalue weighted by molar-refractivity contribution is 0.669. The summed E-state index contributed by atoms with van der Waals surface area (Å²) in [5.41, 5.74) is 9.80. The molecule has 0 aliphatic heterocycles. The molecule has 0 amide bonds. The van der Waals surface area contributed by atoms with E-state index in [4.69, 9.17) is 24.4 Å². The van der Waals surface area contributed by atoms with Gasteiger partial charge in [0, 0.05) is 38.2 Å². The molecule has 248 valence electrons. The van der Waals surface area contributed by atoms with Crippen molar-refractivity contribution >= 4 is 65.3 Å². The molecule has 0 aliphatic rings. The van der Waals surface area contributed by atoms with Crippen LogP contribution < -0.4 is 0 Å². The molecule has 6 nitrogen and oxygen atoms in total. The number of hydrogen-bond donors (Lipinski definition) is 0. The molecule has 0 fully saturated rings. The monoisotopic (exact) mass is 697 g/mol. The van der Waals surface area contributed by atoms with E-state index in [1.165, 1.54) is 4.70 Å². The van der Waals surface area contributed by atoms with Gasteiger partial charge in [-0.1, -0.05) is 121 Å². The third-order valence-electron chi connectivity index (χ3n) is 9.93. The predicted octanol–water partition coefficient (Wildman–Crippen LogP) is 12.1. The molecule has 7 heteroatoms. The first-order valence-corrected chi connectivity index (χ1v) is 18.3. The van der Waals surface area contributed by atoms with Gasteiger partial charge in [0.05, 0.1) is 21.3 Å². The fourth-order valence-electron chi connectivity index (χ4n) is 7.43. The molecule has 0 saturated carbocycles. The summed E-state index contributed by atoms with van der Waals surface area (Å²) >= 11 is 1.71. The molecule has 4 heterocycles. The van der Waals surface area contributed by atoms with Gasteiger partial charge in [0.25, 0.3) is 0 Å². The molecule has 11 aromatic rings. The minimum Gasteiger partial charge on any atom is -0.456 e. The van der Waals surface area contributed by atoms with Crippen molar-refractivity contribution in [2.45, 2.75) is 0 Å². The number of benzene rings is 7. The number of aromatic nitrogens is 5. The van der Waals surface area contributed by atoms with Crippen molar-refractivity contribution in [1.82, 2.24) is 24.5 Å². The highest BCUT2D eigenvalue weighted by atomic mass is 32.1. The van der Waals surface area contributed by atoms with Gasteiger partial charge in [-0.25, -0.2) is 9.97 Å². The predicted molar refractivity (Wildman–Crippen MR) is 216 cm³/mol. The Morgan fingerprint density at radius 3 is 1.92 bits per heavy atom. The second kappa shape index (κ2) is 11.8. The maximum absolute atomic E-state index is 6.46. The van der Waals surface area contributed by atoms with E-state index in [9.17, 15) is 0 Å². The minimum absolute atomic E-state index is 0.560. The molecular formula is C46H27N5OS. The maximum Gasteiger partial charge on any atom is 0.238 e. The topological polar surface area (TPSA) is 69.6 Å². The van der Waals surface area contributed by atoms with E-state index in [0.29, 0.717) is 17.6 Å². The summed E-state index contributed by atoms with van der Waals surface area (Å²) in [4.78, 5) is 20.3. The molecule has 0 spiro atoms. The standard InChI is InChI=1S/C46H27N5OS/c1-2-11-29(12-3-1)43-48-44(50-46(49-43)51-37-17-7-4-13-32(37)33-14-5-8-18-38(33)51)34-15-10-19-40-42(34)35-27-31(25-26-39(35)52-40)28-21-23-30(24-22-28)45-47-36-16-6-9-20-41(36)53-45/h1-27H. The Labute approximate surface area is 307 Å². The zero-order valence-corrected chi connectivity index (χ0v) is 29.0. The van der Waals surface area contributed by atoms with Crippen LogP contribution in [0.15, 0.2) is 168 Å². The van der Waals surface area contributed by atoms with Gasteiger partial charge in [-0.2, -0.15) is 9.97 Å². The molecule has 0 atom stereocenters. The first-order chi connectivity index (χ1) is 26.2. The van der Waals surface area contributed by atoms with Crippen LogP contribution in [0, 0.1) is 0 Å². The molecule has 7 aromatic carbocycles. The summed E-state index contributed by atoms with van der Waals surface area (Å²) in [6.45, 7) is 0. The van der Waals surface area contributed by atoms with E-state index in [-0.39, 0.29) is 0 Å². The van der Waals surface area contributed by atoms with E-state index in [1.807, 2.05) is 48.5 Å².